The Morgan fingerprint density at radius 2 is 2.10 bits per heavy atom. The summed E-state index contributed by atoms with van der Waals surface area (Å²) in [4.78, 5) is 22.9. The Bertz CT molecular complexity index is 1150. The minimum absolute atomic E-state index is 0.0640. The van der Waals surface area contributed by atoms with Crippen LogP contribution < -0.4 is 10.6 Å². The van der Waals surface area contributed by atoms with Gasteiger partial charge >= 0.3 is 0 Å². The summed E-state index contributed by atoms with van der Waals surface area (Å²) >= 11 is 6.15. The molecule has 0 bridgehead atoms. The predicted molar refractivity (Wildman–Crippen MR) is 107 cm³/mol. The normalized spacial score (nSPS) is 19.2. The molecule has 0 aromatic carbocycles. The van der Waals surface area contributed by atoms with Gasteiger partial charge in [-0.1, -0.05) is 11.6 Å². The van der Waals surface area contributed by atoms with Crippen molar-refractivity contribution in [1.29, 1.82) is 0 Å². The largest absolute Gasteiger partial charge is 0.382 e. The molecule has 3 aromatic rings. The first-order valence-electron chi connectivity index (χ1n) is 9.04. The molecule has 10 heteroatoms. The summed E-state index contributed by atoms with van der Waals surface area (Å²) in [5, 5.41) is 3.92. The first-order valence-corrected chi connectivity index (χ1v) is 9.42. The van der Waals surface area contributed by atoms with Gasteiger partial charge in [-0.25, -0.2) is 13.9 Å². The summed E-state index contributed by atoms with van der Waals surface area (Å²) in [5.41, 5.74) is 6.78. The van der Waals surface area contributed by atoms with Crippen molar-refractivity contribution in [3.05, 3.63) is 35.1 Å². The van der Waals surface area contributed by atoms with E-state index < -0.39 is 11.4 Å². The molecular weight excluding hydrogens is 399 g/mol. The van der Waals surface area contributed by atoms with Crippen molar-refractivity contribution in [3.63, 3.8) is 0 Å². The molecule has 2 N–H and O–H groups in total. The van der Waals surface area contributed by atoms with Crippen LogP contribution in [0.2, 0.25) is 5.02 Å². The van der Waals surface area contributed by atoms with Gasteiger partial charge in [-0.05, 0) is 33.8 Å². The first-order chi connectivity index (χ1) is 13.6. The molecule has 4 rings (SSSR count). The molecule has 1 saturated heterocycles. The van der Waals surface area contributed by atoms with Crippen molar-refractivity contribution in [3.8, 4) is 11.3 Å². The lowest BCUT2D eigenvalue weighted by atomic mass is 10.0. The molecule has 1 atom stereocenters. The predicted octanol–water partition coefficient (Wildman–Crippen LogP) is 3.00. The third kappa shape index (κ3) is 2.92. The van der Waals surface area contributed by atoms with E-state index in [0.29, 0.717) is 23.6 Å². The van der Waals surface area contributed by atoms with Crippen molar-refractivity contribution in [1.82, 2.24) is 19.6 Å². The van der Waals surface area contributed by atoms with Crippen LogP contribution in [-0.4, -0.2) is 43.7 Å². The third-order valence-electron chi connectivity index (χ3n) is 5.09. The van der Waals surface area contributed by atoms with Gasteiger partial charge in [0.15, 0.2) is 11.6 Å². The zero-order valence-corrected chi connectivity index (χ0v) is 17.2. The molecule has 1 unspecified atom stereocenters. The number of nitrogens with zero attached hydrogens (tertiary/aromatic N) is 5. The minimum atomic E-state index is -0.965. The van der Waals surface area contributed by atoms with E-state index in [1.54, 1.807) is 31.7 Å². The molecule has 152 valence electrons. The monoisotopic (exact) mass is 418 g/mol. The average molecular weight is 419 g/mol. The van der Waals surface area contributed by atoms with Gasteiger partial charge < -0.3 is 15.4 Å². The lowest BCUT2D eigenvalue weighted by molar-refractivity contribution is -0.147. The maximum absolute atomic E-state index is 15.0. The number of hydrogen-bond acceptors (Lipinski definition) is 6. The molecule has 1 aliphatic rings. The number of ether oxygens (including phenoxy) is 1. The van der Waals surface area contributed by atoms with Gasteiger partial charge in [0.1, 0.15) is 28.2 Å². The van der Waals surface area contributed by atoms with E-state index in [2.05, 4.69) is 15.1 Å². The number of carbonyl (C=O) groups is 1. The molecule has 0 aliphatic carbocycles. The average Bonchev–Trinajstić information content (AvgIpc) is 2.93. The highest BCUT2D eigenvalue weighted by molar-refractivity contribution is 6.35. The van der Waals surface area contributed by atoms with Crippen LogP contribution in [-0.2, 0) is 9.53 Å². The van der Waals surface area contributed by atoms with Crippen molar-refractivity contribution in [2.24, 2.45) is 0 Å². The number of rotatable bonds is 2. The lowest BCUT2D eigenvalue weighted by Gasteiger charge is -2.42. The van der Waals surface area contributed by atoms with E-state index >= 15 is 4.39 Å². The van der Waals surface area contributed by atoms with Crippen LogP contribution in [0.15, 0.2) is 18.6 Å². The van der Waals surface area contributed by atoms with Gasteiger partial charge in [-0.15, -0.1) is 0 Å². The molecule has 1 fully saturated rings. The Balaban J connectivity index is 1.92. The number of nitrogen functional groups attached to an aromatic ring is 1. The van der Waals surface area contributed by atoms with E-state index in [0.717, 1.165) is 0 Å². The maximum Gasteiger partial charge on any atom is 0.259 e. The molecule has 4 heterocycles. The second kappa shape index (κ2) is 6.64. The molecule has 0 saturated carbocycles. The second-order valence-corrected chi connectivity index (χ2v) is 7.93. The van der Waals surface area contributed by atoms with Crippen molar-refractivity contribution < 1.29 is 13.9 Å². The molecular formula is C19H20ClFN6O2. The number of morpholine rings is 1. The highest BCUT2D eigenvalue weighted by Gasteiger charge is 2.41. The summed E-state index contributed by atoms with van der Waals surface area (Å²) < 4.78 is 22.0. The number of fused-ring (bicyclic) bond motifs is 1. The van der Waals surface area contributed by atoms with Gasteiger partial charge in [0.05, 0.1) is 24.0 Å². The zero-order valence-electron chi connectivity index (χ0n) is 16.4. The summed E-state index contributed by atoms with van der Waals surface area (Å²) in [6.07, 6.45) is 2.74. The highest BCUT2D eigenvalue weighted by atomic mass is 35.5. The smallest absolute Gasteiger partial charge is 0.259 e. The van der Waals surface area contributed by atoms with Crippen LogP contribution in [0, 0.1) is 12.7 Å². The number of halogens is 2. The van der Waals surface area contributed by atoms with E-state index in [9.17, 15) is 4.79 Å². The first kappa shape index (κ1) is 19.5. The van der Waals surface area contributed by atoms with Gasteiger partial charge in [-0.2, -0.15) is 5.10 Å². The Labute approximate surface area is 171 Å². The van der Waals surface area contributed by atoms with E-state index in [4.69, 9.17) is 22.1 Å². The Hall–Kier alpha value is -2.78. The van der Waals surface area contributed by atoms with Gasteiger partial charge in [0.25, 0.3) is 5.91 Å². The number of carbonyl (C=O) groups excluding carboxylic acids is 1. The minimum Gasteiger partial charge on any atom is -0.382 e. The second-order valence-electron chi connectivity index (χ2n) is 7.56. The zero-order chi connectivity index (χ0) is 21.1. The number of aromatic nitrogens is 4. The fourth-order valence-corrected chi connectivity index (χ4v) is 3.76. The van der Waals surface area contributed by atoms with Crippen LogP contribution in [0.4, 0.5) is 15.9 Å². The fourth-order valence-electron chi connectivity index (χ4n) is 3.49. The summed E-state index contributed by atoms with van der Waals surface area (Å²) in [7, 11) is 0. The summed E-state index contributed by atoms with van der Waals surface area (Å²) in [6, 6.07) is 1.50. The van der Waals surface area contributed by atoms with Crippen molar-refractivity contribution >= 4 is 34.5 Å². The van der Waals surface area contributed by atoms with Crippen LogP contribution in [0.5, 0.6) is 0 Å². The molecule has 3 aromatic heterocycles. The van der Waals surface area contributed by atoms with Crippen LogP contribution in [0.1, 0.15) is 26.5 Å². The number of hydrogen-bond donors (Lipinski definition) is 1. The quantitative estimate of drug-likeness (QED) is 0.686. The number of pyridine rings is 1. The van der Waals surface area contributed by atoms with E-state index in [1.165, 1.54) is 17.0 Å². The Kier molecular flexibility index (Phi) is 4.47. The molecule has 29 heavy (non-hydrogen) atoms. The van der Waals surface area contributed by atoms with E-state index in [-0.39, 0.29) is 34.0 Å². The number of anilines is 2. The SMILES string of the molecule is Cc1ncc(-c2c(F)c(Cl)c3c(N)ncnn23)cc1N1C(=O)C(C)(C)OCC1C. The number of aryl methyl sites for hydroxylation is 1. The molecule has 0 spiro atoms. The van der Waals surface area contributed by atoms with Gasteiger partial charge in [-0.3, -0.25) is 9.78 Å². The van der Waals surface area contributed by atoms with E-state index in [1.807, 2.05) is 6.92 Å². The van der Waals surface area contributed by atoms with Crippen molar-refractivity contribution in [2.75, 3.05) is 17.2 Å². The van der Waals surface area contributed by atoms with Gasteiger partial charge in [0, 0.05) is 11.8 Å². The standard InChI is InChI=1S/C19H20ClFN6O2/c1-9-7-29-19(3,4)18(28)26(9)12-5-11(6-23-10(12)2)15-14(21)13(20)16-17(22)24-8-25-27(15)16/h5-6,8-9H,7H2,1-4H3,(H2,22,24,25). The topological polar surface area (TPSA) is 98.6 Å². The maximum atomic E-state index is 15.0. The fraction of sp³-hybridized carbons (Fsp3) is 0.368. The summed E-state index contributed by atoms with van der Waals surface area (Å²) in [6.45, 7) is 7.50. The lowest BCUT2D eigenvalue weighted by Crippen LogP contribution is -2.58. The molecule has 1 aliphatic heterocycles. The third-order valence-corrected chi connectivity index (χ3v) is 5.44. The Morgan fingerprint density at radius 3 is 2.83 bits per heavy atom. The Morgan fingerprint density at radius 1 is 1.38 bits per heavy atom. The molecule has 8 nitrogen and oxygen atoms in total. The number of nitrogens with two attached hydrogens (primary N) is 1. The van der Waals surface area contributed by atoms with Crippen LogP contribution in [0.3, 0.4) is 0 Å². The summed E-state index contributed by atoms with van der Waals surface area (Å²) in [5.74, 6) is -0.810. The van der Waals surface area contributed by atoms with Gasteiger partial charge in [0.2, 0.25) is 0 Å². The van der Waals surface area contributed by atoms with Crippen LogP contribution >= 0.6 is 11.6 Å². The number of amides is 1. The molecule has 1 amide bonds. The van der Waals surface area contributed by atoms with Crippen molar-refractivity contribution in [2.45, 2.75) is 39.3 Å². The highest BCUT2D eigenvalue weighted by Crippen LogP contribution is 2.37. The van der Waals surface area contributed by atoms with Crippen LogP contribution in [0.25, 0.3) is 16.8 Å². The molecule has 0 radical (unpaired) electrons.